The summed E-state index contributed by atoms with van der Waals surface area (Å²) in [5.74, 6) is 1.49. The molecule has 0 saturated heterocycles. The molecular formula is C17H22N2S2. The Morgan fingerprint density at radius 2 is 2.24 bits per heavy atom. The van der Waals surface area contributed by atoms with Gasteiger partial charge in [0.1, 0.15) is 0 Å². The Kier molecular flexibility index (Phi) is 4.99. The lowest BCUT2D eigenvalue weighted by atomic mass is 10.2. The van der Waals surface area contributed by atoms with Gasteiger partial charge in [0.15, 0.2) is 0 Å². The van der Waals surface area contributed by atoms with Crippen LogP contribution in [0.4, 0.5) is 0 Å². The van der Waals surface area contributed by atoms with Crippen LogP contribution in [0.5, 0.6) is 0 Å². The second-order valence-corrected chi connectivity index (χ2v) is 7.86. The molecule has 0 unspecified atom stereocenters. The monoisotopic (exact) mass is 318 g/mol. The van der Waals surface area contributed by atoms with Gasteiger partial charge in [-0.05, 0) is 30.5 Å². The zero-order valence-corrected chi connectivity index (χ0v) is 14.3. The van der Waals surface area contributed by atoms with Crippen molar-refractivity contribution in [2.45, 2.75) is 55.8 Å². The quantitative estimate of drug-likeness (QED) is 0.742. The van der Waals surface area contributed by atoms with E-state index in [0.29, 0.717) is 5.92 Å². The molecule has 1 fully saturated rings. The summed E-state index contributed by atoms with van der Waals surface area (Å²) in [6.45, 7) is 5.39. The number of thiazole rings is 1. The number of rotatable bonds is 7. The molecule has 0 bridgehead atoms. The van der Waals surface area contributed by atoms with E-state index in [1.54, 1.807) is 11.3 Å². The fourth-order valence-electron chi connectivity index (χ4n) is 2.11. The van der Waals surface area contributed by atoms with Crippen molar-refractivity contribution in [3.63, 3.8) is 0 Å². The Balaban J connectivity index is 1.54. The molecule has 1 saturated carbocycles. The molecule has 21 heavy (non-hydrogen) atoms. The molecule has 1 aromatic heterocycles. The van der Waals surface area contributed by atoms with E-state index in [-0.39, 0.29) is 0 Å². The van der Waals surface area contributed by atoms with Crippen LogP contribution >= 0.6 is 23.1 Å². The lowest BCUT2D eigenvalue weighted by Gasteiger charge is -2.05. The van der Waals surface area contributed by atoms with Crippen molar-refractivity contribution < 1.29 is 0 Å². The normalized spacial score (nSPS) is 14.8. The molecule has 4 heteroatoms. The summed E-state index contributed by atoms with van der Waals surface area (Å²) in [4.78, 5) is 6.04. The second kappa shape index (κ2) is 6.95. The van der Waals surface area contributed by atoms with E-state index in [4.69, 9.17) is 4.98 Å². The highest BCUT2D eigenvalue weighted by Crippen LogP contribution is 2.27. The van der Waals surface area contributed by atoms with E-state index in [1.165, 1.54) is 34.0 Å². The molecule has 0 aliphatic heterocycles. The van der Waals surface area contributed by atoms with E-state index in [2.05, 4.69) is 48.8 Å². The average Bonchev–Trinajstić information content (AvgIpc) is 3.19. The third-order valence-electron chi connectivity index (χ3n) is 3.52. The van der Waals surface area contributed by atoms with E-state index in [9.17, 15) is 0 Å². The molecular weight excluding hydrogens is 296 g/mol. The van der Waals surface area contributed by atoms with Crippen LogP contribution in [0.3, 0.4) is 0 Å². The van der Waals surface area contributed by atoms with Crippen LogP contribution in [-0.4, -0.2) is 11.0 Å². The van der Waals surface area contributed by atoms with Gasteiger partial charge in [-0.15, -0.1) is 23.1 Å². The summed E-state index contributed by atoms with van der Waals surface area (Å²) in [6.07, 6.45) is 2.69. The minimum absolute atomic E-state index is 0.533. The largest absolute Gasteiger partial charge is 0.310 e. The van der Waals surface area contributed by atoms with Crippen molar-refractivity contribution in [3.8, 4) is 0 Å². The first-order valence-corrected chi connectivity index (χ1v) is 9.46. The second-order valence-electron chi connectivity index (χ2n) is 5.92. The van der Waals surface area contributed by atoms with Gasteiger partial charge in [-0.25, -0.2) is 4.98 Å². The van der Waals surface area contributed by atoms with Crippen LogP contribution in [0.2, 0.25) is 0 Å². The van der Waals surface area contributed by atoms with Crippen molar-refractivity contribution in [3.05, 3.63) is 45.9 Å². The van der Waals surface area contributed by atoms with E-state index in [1.807, 2.05) is 11.8 Å². The summed E-state index contributed by atoms with van der Waals surface area (Å²) in [5, 5.41) is 7.01. The van der Waals surface area contributed by atoms with Crippen LogP contribution in [0.25, 0.3) is 0 Å². The van der Waals surface area contributed by atoms with Gasteiger partial charge in [0.2, 0.25) is 0 Å². The SMILES string of the molecule is CC(C)c1nc(CSc2cccc(CNC3CC3)c2)cs1. The summed E-state index contributed by atoms with van der Waals surface area (Å²) in [5.41, 5.74) is 2.59. The maximum Gasteiger partial charge on any atom is 0.0954 e. The molecule has 1 N–H and O–H groups in total. The molecule has 1 aliphatic rings. The summed E-state index contributed by atoms with van der Waals surface area (Å²) >= 11 is 3.66. The van der Waals surface area contributed by atoms with E-state index < -0.39 is 0 Å². The summed E-state index contributed by atoms with van der Waals surface area (Å²) < 4.78 is 0. The molecule has 0 atom stereocenters. The highest BCUT2D eigenvalue weighted by molar-refractivity contribution is 7.98. The molecule has 1 aromatic carbocycles. The first kappa shape index (κ1) is 15.1. The van der Waals surface area contributed by atoms with Crippen molar-refractivity contribution in [1.29, 1.82) is 0 Å². The number of aromatic nitrogens is 1. The Morgan fingerprint density at radius 1 is 1.38 bits per heavy atom. The summed E-state index contributed by atoms with van der Waals surface area (Å²) in [7, 11) is 0. The summed E-state index contributed by atoms with van der Waals surface area (Å²) in [6, 6.07) is 9.63. The number of nitrogens with one attached hydrogen (secondary N) is 1. The minimum Gasteiger partial charge on any atom is -0.310 e. The van der Waals surface area contributed by atoms with Crippen LogP contribution in [-0.2, 0) is 12.3 Å². The zero-order chi connectivity index (χ0) is 14.7. The topological polar surface area (TPSA) is 24.9 Å². The lowest BCUT2D eigenvalue weighted by molar-refractivity contribution is 0.687. The smallest absolute Gasteiger partial charge is 0.0954 e. The molecule has 2 nitrogen and oxygen atoms in total. The van der Waals surface area contributed by atoms with Gasteiger partial charge in [-0.2, -0.15) is 0 Å². The molecule has 1 heterocycles. The van der Waals surface area contributed by atoms with Gasteiger partial charge in [-0.3, -0.25) is 0 Å². The highest BCUT2D eigenvalue weighted by atomic mass is 32.2. The van der Waals surface area contributed by atoms with Crippen LogP contribution < -0.4 is 5.32 Å². The minimum atomic E-state index is 0.533. The number of hydrogen-bond donors (Lipinski definition) is 1. The Bertz CT molecular complexity index is 588. The highest BCUT2D eigenvalue weighted by Gasteiger charge is 2.19. The predicted molar refractivity (Wildman–Crippen MR) is 92.1 cm³/mol. The third-order valence-corrected chi connectivity index (χ3v) is 5.74. The Hall–Kier alpha value is -0.840. The van der Waals surface area contributed by atoms with E-state index in [0.717, 1.165) is 18.3 Å². The van der Waals surface area contributed by atoms with Gasteiger partial charge in [0.25, 0.3) is 0 Å². The van der Waals surface area contributed by atoms with Crippen LogP contribution in [0, 0.1) is 0 Å². The van der Waals surface area contributed by atoms with Gasteiger partial charge >= 0.3 is 0 Å². The van der Waals surface area contributed by atoms with Crippen LogP contribution in [0.15, 0.2) is 34.5 Å². The van der Waals surface area contributed by atoms with Crippen LogP contribution in [0.1, 0.15) is 48.9 Å². The van der Waals surface area contributed by atoms with Crippen molar-refractivity contribution >= 4 is 23.1 Å². The molecule has 2 aromatic rings. The number of hydrogen-bond acceptors (Lipinski definition) is 4. The van der Waals surface area contributed by atoms with Gasteiger partial charge in [0, 0.05) is 34.5 Å². The number of nitrogens with zero attached hydrogens (tertiary/aromatic N) is 1. The van der Waals surface area contributed by atoms with Crippen molar-refractivity contribution in [1.82, 2.24) is 10.3 Å². The molecule has 0 spiro atoms. The molecule has 3 rings (SSSR count). The molecule has 0 amide bonds. The fraction of sp³-hybridized carbons (Fsp3) is 0.471. The number of thioether (sulfide) groups is 1. The first-order chi connectivity index (χ1) is 10.2. The lowest BCUT2D eigenvalue weighted by Crippen LogP contribution is -2.15. The Labute approximate surface area is 135 Å². The Morgan fingerprint density at radius 3 is 2.95 bits per heavy atom. The third kappa shape index (κ3) is 4.56. The van der Waals surface area contributed by atoms with Crippen molar-refractivity contribution in [2.75, 3.05) is 0 Å². The molecule has 1 aliphatic carbocycles. The molecule has 112 valence electrons. The zero-order valence-electron chi connectivity index (χ0n) is 12.6. The average molecular weight is 319 g/mol. The van der Waals surface area contributed by atoms with E-state index >= 15 is 0 Å². The standard InChI is InChI=1S/C17H22N2S2/c1-12(2)17-19-15(11-21-17)10-20-16-5-3-4-13(8-16)9-18-14-6-7-14/h3-5,8,11-12,14,18H,6-7,9-10H2,1-2H3. The van der Waals surface area contributed by atoms with Gasteiger partial charge in [0.05, 0.1) is 10.7 Å². The van der Waals surface area contributed by atoms with Crippen molar-refractivity contribution in [2.24, 2.45) is 0 Å². The maximum atomic E-state index is 4.70. The molecule has 0 radical (unpaired) electrons. The van der Waals surface area contributed by atoms with Gasteiger partial charge in [-0.1, -0.05) is 26.0 Å². The van der Waals surface area contributed by atoms with Gasteiger partial charge < -0.3 is 5.32 Å². The predicted octanol–water partition coefficient (Wildman–Crippen LogP) is 4.81. The fourth-order valence-corrected chi connectivity index (χ4v) is 3.92. The first-order valence-electron chi connectivity index (χ1n) is 7.60. The maximum absolute atomic E-state index is 4.70. The number of benzene rings is 1.